The van der Waals surface area contributed by atoms with E-state index in [4.69, 9.17) is 23.2 Å². The fourth-order valence-corrected chi connectivity index (χ4v) is 6.59. The smallest absolute Gasteiger partial charge is 0.254 e. The number of halogens is 3. The quantitative estimate of drug-likeness (QED) is 0.335. The van der Waals surface area contributed by atoms with E-state index >= 15 is 0 Å². The number of carbonyl (C=O) groups is 2. The molecule has 210 valence electrons. The van der Waals surface area contributed by atoms with E-state index in [2.05, 4.69) is 5.32 Å². The van der Waals surface area contributed by atoms with Gasteiger partial charge < -0.3 is 15.3 Å². The zero-order valence-electron chi connectivity index (χ0n) is 22.5. The fourth-order valence-electron chi connectivity index (χ4n) is 6.06. The van der Waals surface area contributed by atoms with Crippen LogP contribution in [0.3, 0.4) is 0 Å². The van der Waals surface area contributed by atoms with Gasteiger partial charge in [0.15, 0.2) is 0 Å². The maximum atomic E-state index is 14.2. The van der Waals surface area contributed by atoms with Crippen molar-refractivity contribution in [1.82, 2.24) is 10.2 Å². The highest BCUT2D eigenvalue weighted by atomic mass is 35.5. The minimum Gasteiger partial charge on any atom is -0.393 e. The summed E-state index contributed by atoms with van der Waals surface area (Å²) >= 11 is 13.0. The Morgan fingerprint density at radius 3 is 2.35 bits per heavy atom. The van der Waals surface area contributed by atoms with Crippen LogP contribution in [0, 0.1) is 5.82 Å². The van der Waals surface area contributed by atoms with E-state index in [1.165, 1.54) is 12.1 Å². The minimum absolute atomic E-state index is 0.149. The SMILES string of the molecule is CC(C)(CNC(=O)[C@@H]1c2ccccc2C(=O)N(C2CCC(O)CC2)[C@H]1c1ccc(Cl)cc1Cl)c1ccc(F)cc1. The third-order valence-electron chi connectivity index (χ3n) is 8.33. The van der Waals surface area contributed by atoms with Gasteiger partial charge >= 0.3 is 0 Å². The lowest BCUT2D eigenvalue weighted by atomic mass is 9.76. The van der Waals surface area contributed by atoms with E-state index in [9.17, 15) is 19.1 Å². The van der Waals surface area contributed by atoms with Crippen LogP contribution in [0.5, 0.6) is 0 Å². The molecule has 0 radical (unpaired) electrons. The van der Waals surface area contributed by atoms with Crippen LogP contribution in [0.1, 0.15) is 78.5 Å². The second-order valence-electron chi connectivity index (χ2n) is 11.5. The van der Waals surface area contributed by atoms with Gasteiger partial charge in [-0.05, 0) is 72.7 Å². The Balaban J connectivity index is 1.56. The lowest BCUT2D eigenvalue weighted by Crippen LogP contribution is -2.53. The van der Waals surface area contributed by atoms with Crippen LogP contribution in [0.15, 0.2) is 66.7 Å². The maximum Gasteiger partial charge on any atom is 0.254 e. The molecule has 1 heterocycles. The van der Waals surface area contributed by atoms with Crippen molar-refractivity contribution in [3.8, 4) is 0 Å². The van der Waals surface area contributed by atoms with Crippen LogP contribution in [0.4, 0.5) is 4.39 Å². The lowest BCUT2D eigenvalue weighted by molar-refractivity contribution is -0.124. The Morgan fingerprint density at radius 2 is 1.68 bits per heavy atom. The third kappa shape index (κ3) is 5.63. The zero-order valence-corrected chi connectivity index (χ0v) is 24.1. The molecular formula is C32H33Cl2FN2O3. The van der Waals surface area contributed by atoms with Gasteiger partial charge in [0.05, 0.1) is 18.1 Å². The van der Waals surface area contributed by atoms with Crippen molar-refractivity contribution in [2.24, 2.45) is 0 Å². The monoisotopic (exact) mass is 582 g/mol. The molecule has 1 aliphatic carbocycles. The largest absolute Gasteiger partial charge is 0.393 e. The molecule has 8 heteroatoms. The summed E-state index contributed by atoms with van der Waals surface area (Å²) < 4.78 is 13.5. The third-order valence-corrected chi connectivity index (χ3v) is 8.89. The number of benzene rings is 3. The minimum atomic E-state index is -0.733. The van der Waals surface area contributed by atoms with Gasteiger partial charge in [-0.1, -0.05) is 73.4 Å². The van der Waals surface area contributed by atoms with Crippen LogP contribution in [0.2, 0.25) is 10.0 Å². The molecule has 40 heavy (non-hydrogen) atoms. The number of aliphatic hydroxyl groups is 1. The molecule has 0 bridgehead atoms. The van der Waals surface area contributed by atoms with Crippen LogP contribution < -0.4 is 5.32 Å². The molecular weight excluding hydrogens is 550 g/mol. The Labute approximate surface area is 244 Å². The van der Waals surface area contributed by atoms with Gasteiger partial charge in [0, 0.05) is 33.6 Å². The van der Waals surface area contributed by atoms with Crippen LogP contribution in [0.25, 0.3) is 0 Å². The van der Waals surface area contributed by atoms with E-state index in [1.807, 2.05) is 36.9 Å². The summed E-state index contributed by atoms with van der Waals surface area (Å²) in [6, 6.07) is 17.9. The van der Waals surface area contributed by atoms with Crippen molar-refractivity contribution in [3.63, 3.8) is 0 Å². The van der Waals surface area contributed by atoms with Crippen molar-refractivity contribution in [3.05, 3.63) is 105 Å². The van der Waals surface area contributed by atoms with E-state index in [0.29, 0.717) is 59.0 Å². The second-order valence-corrected chi connectivity index (χ2v) is 12.3. The molecule has 1 fully saturated rings. The van der Waals surface area contributed by atoms with E-state index in [0.717, 1.165) is 5.56 Å². The Morgan fingerprint density at radius 1 is 1.00 bits per heavy atom. The number of amides is 2. The highest BCUT2D eigenvalue weighted by Gasteiger charge is 2.47. The Kier molecular flexibility index (Phi) is 8.23. The average molecular weight is 584 g/mol. The van der Waals surface area contributed by atoms with Gasteiger partial charge in [-0.2, -0.15) is 0 Å². The average Bonchev–Trinajstić information content (AvgIpc) is 2.93. The van der Waals surface area contributed by atoms with Gasteiger partial charge in [0.1, 0.15) is 5.82 Å². The van der Waals surface area contributed by atoms with Gasteiger partial charge in [-0.3, -0.25) is 9.59 Å². The second kappa shape index (κ2) is 11.5. The van der Waals surface area contributed by atoms with Gasteiger partial charge in [-0.25, -0.2) is 4.39 Å². The summed E-state index contributed by atoms with van der Waals surface area (Å²) in [5, 5.41) is 14.2. The number of nitrogens with zero attached hydrogens (tertiary/aromatic N) is 1. The number of nitrogens with one attached hydrogen (secondary N) is 1. The molecule has 2 N–H and O–H groups in total. The standard InChI is InChI=1S/C32H33Cl2FN2O3/c1-32(2,19-7-10-21(35)11-8-19)18-36-30(39)28-24-5-3-4-6-25(24)31(40)37(22-12-14-23(38)15-13-22)29(28)26-16-9-20(33)17-27(26)34/h3-11,16-17,22-23,28-29,38H,12-15,18H2,1-2H3,(H,36,39)/t22?,23?,28-,29+/m1/s1. The Bertz CT molecular complexity index is 1400. The predicted octanol–water partition coefficient (Wildman–Crippen LogP) is 6.81. The normalized spacial score (nSPS) is 23.1. The molecule has 0 aromatic heterocycles. The number of hydrogen-bond acceptors (Lipinski definition) is 3. The van der Waals surface area contributed by atoms with E-state index in [-0.39, 0.29) is 23.7 Å². The number of hydrogen-bond donors (Lipinski definition) is 2. The first-order valence-electron chi connectivity index (χ1n) is 13.6. The zero-order chi connectivity index (χ0) is 28.6. The topological polar surface area (TPSA) is 69.6 Å². The first kappa shape index (κ1) is 28.6. The fraction of sp³-hybridized carbons (Fsp3) is 0.375. The molecule has 3 aromatic rings. The number of carbonyl (C=O) groups excluding carboxylic acids is 2. The molecule has 2 amide bonds. The molecule has 0 saturated heterocycles. The lowest BCUT2D eigenvalue weighted by Gasteiger charge is -2.47. The molecule has 0 spiro atoms. The summed E-state index contributed by atoms with van der Waals surface area (Å²) in [6.07, 6.45) is 2.03. The van der Waals surface area contributed by atoms with Crippen molar-refractivity contribution >= 4 is 35.0 Å². The maximum absolute atomic E-state index is 14.2. The first-order chi connectivity index (χ1) is 19.1. The first-order valence-corrected chi connectivity index (χ1v) is 14.4. The number of aliphatic hydroxyl groups excluding tert-OH is 1. The predicted molar refractivity (Wildman–Crippen MR) is 155 cm³/mol. The molecule has 5 rings (SSSR count). The summed E-state index contributed by atoms with van der Waals surface area (Å²) in [4.78, 5) is 30.1. The van der Waals surface area contributed by atoms with E-state index < -0.39 is 23.5 Å². The van der Waals surface area contributed by atoms with Gasteiger partial charge in [0.2, 0.25) is 5.91 Å². The molecule has 1 saturated carbocycles. The van der Waals surface area contributed by atoms with Crippen LogP contribution >= 0.6 is 23.2 Å². The molecule has 2 atom stereocenters. The van der Waals surface area contributed by atoms with Gasteiger partial charge in [0.25, 0.3) is 5.91 Å². The molecule has 5 nitrogen and oxygen atoms in total. The summed E-state index contributed by atoms with van der Waals surface area (Å²) in [5.74, 6) is -1.43. The highest BCUT2D eigenvalue weighted by Crippen LogP contribution is 2.47. The highest BCUT2D eigenvalue weighted by molar-refractivity contribution is 6.35. The van der Waals surface area contributed by atoms with Crippen molar-refractivity contribution < 1.29 is 19.1 Å². The van der Waals surface area contributed by atoms with E-state index in [1.54, 1.807) is 36.4 Å². The molecule has 2 aliphatic rings. The molecule has 0 unspecified atom stereocenters. The van der Waals surface area contributed by atoms with Crippen molar-refractivity contribution in [2.75, 3.05) is 6.54 Å². The van der Waals surface area contributed by atoms with Crippen LogP contribution in [-0.2, 0) is 10.2 Å². The molecule has 3 aromatic carbocycles. The van der Waals surface area contributed by atoms with Crippen molar-refractivity contribution in [1.29, 1.82) is 0 Å². The van der Waals surface area contributed by atoms with Crippen LogP contribution in [-0.4, -0.2) is 40.5 Å². The Hall–Kier alpha value is -2.93. The molecule has 1 aliphatic heterocycles. The number of rotatable bonds is 6. The van der Waals surface area contributed by atoms with Gasteiger partial charge in [-0.15, -0.1) is 0 Å². The van der Waals surface area contributed by atoms with Crippen molar-refractivity contribution in [2.45, 2.75) is 69.1 Å². The summed E-state index contributed by atoms with van der Waals surface area (Å²) in [6.45, 7) is 4.29. The summed E-state index contributed by atoms with van der Waals surface area (Å²) in [5.41, 5.74) is 2.21. The summed E-state index contributed by atoms with van der Waals surface area (Å²) in [7, 11) is 0. The number of fused-ring (bicyclic) bond motifs is 1.